The molecule has 1 saturated carbocycles. The molecule has 2 aromatic carbocycles. The molecular formula is C22H24ClN3O4S. The second-order valence-corrected chi connectivity index (χ2v) is 10.1. The van der Waals surface area contributed by atoms with Crippen LogP contribution in [0.4, 0.5) is 0 Å². The highest BCUT2D eigenvalue weighted by Gasteiger charge is 2.32. The van der Waals surface area contributed by atoms with Gasteiger partial charge in [-0.1, -0.05) is 43.0 Å². The summed E-state index contributed by atoms with van der Waals surface area (Å²) in [6, 6.07) is 11.0. The number of rotatable bonds is 5. The zero-order chi connectivity index (χ0) is 22.2. The molecule has 0 radical (unpaired) electrons. The average Bonchev–Trinajstić information content (AvgIpc) is 3.23. The highest BCUT2D eigenvalue weighted by Crippen LogP contribution is 2.40. The Kier molecular flexibility index (Phi) is 5.96. The summed E-state index contributed by atoms with van der Waals surface area (Å²) in [5.41, 5.74) is 1.26. The normalized spacial score (nSPS) is 15.5. The number of halogens is 1. The summed E-state index contributed by atoms with van der Waals surface area (Å²) in [6.45, 7) is 0. The third kappa shape index (κ3) is 4.03. The number of nitrogens with zero attached hydrogens (tertiary/aromatic N) is 3. The summed E-state index contributed by atoms with van der Waals surface area (Å²) >= 11 is 6.31. The largest absolute Gasteiger partial charge is 0.507 e. The van der Waals surface area contributed by atoms with Crippen molar-refractivity contribution >= 4 is 21.6 Å². The minimum atomic E-state index is -3.97. The Hall–Kier alpha value is -2.55. The van der Waals surface area contributed by atoms with Crippen LogP contribution in [0.15, 0.2) is 53.6 Å². The van der Waals surface area contributed by atoms with Gasteiger partial charge in [-0.05, 0) is 37.1 Å². The van der Waals surface area contributed by atoms with Gasteiger partial charge in [0.15, 0.2) is 0 Å². The monoisotopic (exact) mass is 461 g/mol. The molecule has 7 nitrogen and oxygen atoms in total. The lowest BCUT2D eigenvalue weighted by Gasteiger charge is -2.30. The fourth-order valence-electron chi connectivity index (χ4n) is 4.09. The van der Waals surface area contributed by atoms with Gasteiger partial charge >= 0.3 is 0 Å². The van der Waals surface area contributed by atoms with E-state index in [9.17, 15) is 18.6 Å². The zero-order valence-electron chi connectivity index (χ0n) is 17.1. The van der Waals surface area contributed by atoms with Gasteiger partial charge in [-0.25, -0.2) is 13.1 Å². The van der Waals surface area contributed by atoms with E-state index in [1.54, 1.807) is 37.4 Å². The highest BCUT2D eigenvalue weighted by atomic mass is 35.5. The molecule has 0 saturated heterocycles. The summed E-state index contributed by atoms with van der Waals surface area (Å²) in [6.07, 6.45) is 6.18. The van der Waals surface area contributed by atoms with E-state index in [0.29, 0.717) is 16.4 Å². The van der Waals surface area contributed by atoms with Crippen LogP contribution in [-0.4, -0.2) is 45.8 Å². The van der Waals surface area contributed by atoms with Gasteiger partial charge in [0.25, 0.3) is 0 Å². The summed E-state index contributed by atoms with van der Waals surface area (Å²) in [7, 11) is -2.42. The first kappa shape index (κ1) is 21.7. The van der Waals surface area contributed by atoms with Gasteiger partial charge in [0.1, 0.15) is 16.4 Å². The molecular weight excluding hydrogens is 438 g/mol. The van der Waals surface area contributed by atoms with Crippen LogP contribution in [0.5, 0.6) is 11.5 Å². The van der Waals surface area contributed by atoms with Crippen LogP contribution >= 0.6 is 11.6 Å². The highest BCUT2D eigenvalue weighted by molar-refractivity contribution is 7.89. The number of aromatic hydroxyl groups is 2. The van der Waals surface area contributed by atoms with E-state index < -0.39 is 15.8 Å². The molecule has 1 heterocycles. The third-order valence-corrected chi connectivity index (χ3v) is 8.08. The third-order valence-electron chi connectivity index (χ3n) is 5.82. The van der Waals surface area contributed by atoms with Crippen LogP contribution in [0.3, 0.4) is 0 Å². The Morgan fingerprint density at radius 2 is 1.77 bits per heavy atom. The Morgan fingerprint density at radius 3 is 2.48 bits per heavy atom. The molecule has 1 aromatic heterocycles. The Morgan fingerprint density at radius 1 is 1.06 bits per heavy atom. The first-order valence-corrected chi connectivity index (χ1v) is 12.0. The summed E-state index contributed by atoms with van der Waals surface area (Å²) in [5.74, 6) is -0.752. The molecule has 0 bridgehead atoms. The molecule has 3 aromatic rings. The van der Waals surface area contributed by atoms with E-state index in [2.05, 4.69) is 5.10 Å². The van der Waals surface area contributed by atoms with Crippen LogP contribution in [0, 0.1) is 0 Å². The summed E-state index contributed by atoms with van der Waals surface area (Å²) in [5, 5.41) is 25.7. The molecule has 1 fully saturated rings. The molecule has 9 heteroatoms. The number of benzene rings is 2. The molecule has 31 heavy (non-hydrogen) atoms. The van der Waals surface area contributed by atoms with Crippen molar-refractivity contribution in [3.63, 3.8) is 0 Å². The van der Waals surface area contributed by atoms with Crippen molar-refractivity contribution in [2.75, 3.05) is 7.05 Å². The standard InChI is InChI=1S/C22H24ClN3O4S/c1-25(15-7-3-2-4-8-15)31(29,30)22-13-16(20(27)14-21(22)28)18-11-12-24-26(18)19-10-6-5-9-17(19)23/h5-6,9-15,27-28H,2-4,7-8H2,1H3. The molecule has 0 amide bonds. The van der Waals surface area contributed by atoms with Gasteiger partial charge in [-0.2, -0.15) is 9.40 Å². The van der Waals surface area contributed by atoms with Crippen molar-refractivity contribution in [2.24, 2.45) is 0 Å². The number of sulfonamides is 1. The van der Waals surface area contributed by atoms with Gasteiger partial charge in [0.05, 0.1) is 22.6 Å². The van der Waals surface area contributed by atoms with Crippen LogP contribution < -0.4 is 0 Å². The number of phenolic OH excluding ortho intramolecular Hbond substituents is 2. The molecule has 4 rings (SSSR count). The molecule has 0 aliphatic heterocycles. The number of aromatic nitrogens is 2. The number of phenols is 2. The van der Waals surface area contributed by atoms with Crippen LogP contribution in [0.1, 0.15) is 32.1 Å². The van der Waals surface area contributed by atoms with Gasteiger partial charge in [-0.3, -0.25) is 0 Å². The summed E-state index contributed by atoms with van der Waals surface area (Å²) < 4.78 is 29.5. The smallest absolute Gasteiger partial charge is 0.246 e. The van der Waals surface area contributed by atoms with Crippen LogP contribution in [0.2, 0.25) is 5.02 Å². The van der Waals surface area contributed by atoms with Crippen molar-refractivity contribution in [1.82, 2.24) is 14.1 Å². The topological polar surface area (TPSA) is 95.7 Å². The van der Waals surface area contributed by atoms with Crippen molar-refractivity contribution in [1.29, 1.82) is 0 Å². The van der Waals surface area contributed by atoms with Gasteiger partial charge < -0.3 is 10.2 Å². The van der Waals surface area contributed by atoms with Crippen LogP contribution in [-0.2, 0) is 10.0 Å². The molecule has 0 spiro atoms. The van der Waals surface area contributed by atoms with Crippen molar-refractivity contribution in [2.45, 2.75) is 43.0 Å². The van der Waals surface area contributed by atoms with Crippen LogP contribution in [0.25, 0.3) is 16.9 Å². The first-order chi connectivity index (χ1) is 14.8. The van der Waals surface area contributed by atoms with E-state index in [1.165, 1.54) is 21.3 Å². The van der Waals surface area contributed by atoms with Crippen molar-refractivity contribution in [3.05, 3.63) is 53.7 Å². The molecule has 1 aliphatic rings. The van der Waals surface area contributed by atoms with E-state index in [4.69, 9.17) is 11.6 Å². The fourth-order valence-corrected chi connectivity index (χ4v) is 5.81. The Bertz CT molecular complexity index is 1200. The summed E-state index contributed by atoms with van der Waals surface area (Å²) in [4.78, 5) is -0.250. The Labute approximate surface area is 186 Å². The van der Waals surface area contributed by atoms with E-state index in [0.717, 1.165) is 38.2 Å². The minimum Gasteiger partial charge on any atom is -0.507 e. The Balaban J connectivity index is 1.80. The maximum absolute atomic E-state index is 13.3. The quantitative estimate of drug-likeness (QED) is 0.580. The molecule has 1 aliphatic carbocycles. The fraction of sp³-hybridized carbons (Fsp3) is 0.318. The minimum absolute atomic E-state index is 0.107. The second kappa shape index (κ2) is 8.53. The predicted octanol–water partition coefficient (Wildman–Crippen LogP) is 4.56. The molecule has 0 unspecified atom stereocenters. The number of para-hydroxylation sites is 1. The van der Waals surface area contributed by atoms with Gasteiger partial charge in [0.2, 0.25) is 10.0 Å². The molecule has 0 atom stereocenters. The lowest BCUT2D eigenvalue weighted by Crippen LogP contribution is -2.38. The lowest BCUT2D eigenvalue weighted by molar-refractivity contribution is 0.285. The maximum atomic E-state index is 13.3. The second-order valence-electron chi connectivity index (χ2n) is 7.73. The molecule has 2 N–H and O–H groups in total. The van der Waals surface area contributed by atoms with E-state index in [-0.39, 0.29) is 22.3 Å². The van der Waals surface area contributed by atoms with Crippen molar-refractivity contribution < 1.29 is 18.6 Å². The number of hydrogen-bond acceptors (Lipinski definition) is 5. The van der Waals surface area contributed by atoms with Crippen molar-refractivity contribution in [3.8, 4) is 28.4 Å². The number of hydrogen-bond donors (Lipinski definition) is 2. The van der Waals surface area contributed by atoms with E-state index >= 15 is 0 Å². The SMILES string of the molecule is CN(C1CCCCC1)S(=O)(=O)c1cc(-c2ccnn2-c2ccccc2Cl)c(O)cc1O. The van der Waals surface area contributed by atoms with Gasteiger partial charge in [0, 0.05) is 24.7 Å². The van der Waals surface area contributed by atoms with Gasteiger partial charge in [-0.15, -0.1) is 0 Å². The zero-order valence-corrected chi connectivity index (χ0v) is 18.6. The average molecular weight is 462 g/mol. The first-order valence-electron chi connectivity index (χ1n) is 10.1. The predicted molar refractivity (Wildman–Crippen MR) is 119 cm³/mol. The maximum Gasteiger partial charge on any atom is 0.246 e. The van der Waals surface area contributed by atoms with E-state index in [1.807, 2.05) is 0 Å². The lowest BCUT2D eigenvalue weighted by atomic mass is 9.96. The molecule has 164 valence electrons.